The fraction of sp³-hybridized carbons (Fsp3) is 0.480. The molecule has 31 heavy (non-hydrogen) atoms. The van der Waals surface area contributed by atoms with Gasteiger partial charge in [0.2, 0.25) is 0 Å². The minimum Gasteiger partial charge on any atom is -0.493 e. The topological polar surface area (TPSA) is 48.0 Å². The molecule has 0 unspecified atom stereocenters. The summed E-state index contributed by atoms with van der Waals surface area (Å²) in [6.07, 6.45) is 0.474. The van der Waals surface area contributed by atoms with E-state index in [-0.39, 0.29) is 23.7 Å². The number of rotatable bonds is 4. The summed E-state index contributed by atoms with van der Waals surface area (Å²) in [5.41, 5.74) is 2.89. The molecule has 1 saturated heterocycles. The number of carbonyl (C=O) groups excluding carboxylic acids is 1. The third-order valence-corrected chi connectivity index (χ3v) is 5.84. The zero-order valence-electron chi connectivity index (χ0n) is 18.4. The lowest BCUT2D eigenvalue weighted by Gasteiger charge is -2.39. The molecule has 5 nitrogen and oxygen atoms in total. The van der Waals surface area contributed by atoms with E-state index in [0.717, 1.165) is 23.3 Å². The average Bonchev–Trinajstić information content (AvgIpc) is 3.19. The molecule has 2 atom stereocenters. The molecule has 0 spiro atoms. The lowest BCUT2D eigenvalue weighted by molar-refractivity contribution is 0.0111. The van der Waals surface area contributed by atoms with Gasteiger partial charge in [0.15, 0.2) is 0 Å². The predicted octanol–water partition coefficient (Wildman–Crippen LogP) is 5.28. The molecular weight excluding hydrogens is 397 g/mol. The minimum absolute atomic E-state index is 0.0660. The predicted molar refractivity (Wildman–Crippen MR) is 115 cm³/mol. The first kappa shape index (κ1) is 21.6. The molecule has 0 aromatic heterocycles. The fourth-order valence-electron chi connectivity index (χ4n) is 4.28. The molecule has 1 amide bonds. The van der Waals surface area contributed by atoms with Gasteiger partial charge in [-0.3, -0.25) is 0 Å². The Morgan fingerprint density at radius 1 is 1.13 bits per heavy atom. The van der Waals surface area contributed by atoms with Gasteiger partial charge in [0.25, 0.3) is 0 Å². The van der Waals surface area contributed by atoms with E-state index < -0.39 is 5.60 Å². The number of nitrogens with zero attached hydrogens (tertiary/aromatic N) is 1. The summed E-state index contributed by atoms with van der Waals surface area (Å²) in [5, 5.41) is 0. The van der Waals surface area contributed by atoms with Gasteiger partial charge in [-0.05, 0) is 74.1 Å². The highest BCUT2D eigenvalue weighted by Crippen LogP contribution is 2.35. The van der Waals surface area contributed by atoms with Crippen LogP contribution in [0.1, 0.15) is 49.8 Å². The number of likely N-dealkylation sites (tertiary alicyclic amines) is 1. The van der Waals surface area contributed by atoms with Crippen molar-refractivity contribution in [3.63, 3.8) is 0 Å². The monoisotopic (exact) mass is 427 g/mol. The minimum atomic E-state index is -0.538. The van der Waals surface area contributed by atoms with Crippen molar-refractivity contribution in [2.45, 2.75) is 51.9 Å². The Morgan fingerprint density at radius 3 is 2.61 bits per heavy atom. The van der Waals surface area contributed by atoms with E-state index in [1.807, 2.05) is 51.1 Å². The van der Waals surface area contributed by atoms with Crippen LogP contribution in [0.15, 0.2) is 42.5 Å². The molecule has 166 valence electrons. The lowest BCUT2D eigenvalue weighted by Crippen LogP contribution is -2.46. The van der Waals surface area contributed by atoms with E-state index in [2.05, 4.69) is 0 Å². The number of hydrogen-bond acceptors (Lipinski definition) is 4. The van der Waals surface area contributed by atoms with Gasteiger partial charge < -0.3 is 19.1 Å². The van der Waals surface area contributed by atoms with Gasteiger partial charge in [0, 0.05) is 19.0 Å². The number of benzene rings is 2. The van der Waals surface area contributed by atoms with Crippen molar-refractivity contribution in [3.8, 4) is 5.75 Å². The van der Waals surface area contributed by atoms with Crippen LogP contribution >= 0.6 is 0 Å². The van der Waals surface area contributed by atoms with Gasteiger partial charge >= 0.3 is 6.09 Å². The number of hydrogen-bond donors (Lipinski definition) is 0. The number of fused-ring (bicyclic) bond motifs is 1. The molecule has 2 aromatic rings. The molecule has 0 aliphatic carbocycles. The molecular formula is C25H30FNO4. The molecule has 0 bridgehead atoms. The second-order valence-corrected chi connectivity index (χ2v) is 9.37. The summed E-state index contributed by atoms with van der Waals surface area (Å²) in [6, 6.07) is 12.7. The third kappa shape index (κ3) is 5.37. The van der Waals surface area contributed by atoms with Gasteiger partial charge in [-0.2, -0.15) is 0 Å². The van der Waals surface area contributed by atoms with E-state index in [9.17, 15) is 9.18 Å². The third-order valence-electron chi connectivity index (χ3n) is 5.84. The second kappa shape index (κ2) is 8.87. The Balaban J connectivity index is 1.49. The van der Waals surface area contributed by atoms with Crippen molar-refractivity contribution in [1.82, 2.24) is 4.90 Å². The molecule has 0 radical (unpaired) electrons. The van der Waals surface area contributed by atoms with Crippen molar-refractivity contribution in [2.24, 2.45) is 5.92 Å². The number of piperidine rings is 1. The zero-order valence-corrected chi connectivity index (χ0v) is 18.4. The normalized spacial score (nSPS) is 21.0. The summed E-state index contributed by atoms with van der Waals surface area (Å²) >= 11 is 0. The SMILES string of the molecule is CC(C)(C)OC(=O)N1CC[C@@H](c2ccc(F)cc2)[C@H](COc2ccc3c(c2)COC3)C1. The Bertz CT molecular complexity index is 922. The summed E-state index contributed by atoms with van der Waals surface area (Å²) in [5.74, 6) is 0.799. The van der Waals surface area contributed by atoms with Gasteiger partial charge in [0.05, 0.1) is 19.8 Å². The highest BCUT2D eigenvalue weighted by molar-refractivity contribution is 5.68. The van der Waals surface area contributed by atoms with Gasteiger partial charge in [-0.15, -0.1) is 0 Å². The van der Waals surface area contributed by atoms with Gasteiger partial charge in [-0.25, -0.2) is 9.18 Å². The number of amides is 1. The molecule has 2 heterocycles. The van der Waals surface area contributed by atoms with Gasteiger partial charge in [0.1, 0.15) is 17.2 Å². The van der Waals surface area contributed by atoms with Crippen molar-refractivity contribution in [1.29, 1.82) is 0 Å². The second-order valence-electron chi connectivity index (χ2n) is 9.37. The van der Waals surface area contributed by atoms with Crippen molar-refractivity contribution in [3.05, 3.63) is 65.0 Å². The Kier molecular flexibility index (Phi) is 6.19. The first-order valence-corrected chi connectivity index (χ1v) is 10.8. The van der Waals surface area contributed by atoms with Crippen LogP contribution < -0.4 is 4.74 Å². The first-order valence-electron chi connectivity index (χ1n) is 10.8. The van der Waals surface area contributed by atoms with E-state index in [4.69, 9.17) is 14.2 Å². The van der Waals surface area contributed by atoms with Crippen molar-refractivity contribution in [2.75, 3.05) is 19.7 Å². The van der Waals surface area contributed by atoms with Crippen molar-refractivity contribution >= 4 is 6.09 Å². The largest absolute Gasteiger partial charge is 0.493 e. The molecule has 4 rings (SSSR count). The highest BCUT2D eigenvalue weighted by atomic mass is 19.1. The standard InChI is InChI=1S/C25H30FNO4/c1-25(2,3)31-24(28)27-11-10-23(17-4-7-21(26)8-5-17)20(13-27)16-30-22-9-6-18-14-29-15-19(18)12-22/h4-9,12,20,23H,10-11,13-16H2,1-3H3/t20-,23-/m0/s1. The smallest absolute Gasteiger partial charge is 0.410 e. The van der Waals surface area contributed by atoms with Crippen LogP contribution in [0, 0.1) is 11.7 Å². The van der Waals surface area contributed by atoms with Crippen LogP contribution in [0.4, 0.5) is 9.18 Å². The summed E-state index contributed by atoms with van der Waals surface area (Å²) in [4.78, 5) is 14.4. The highest BCUT2D eigenvalue weighted by Gasteiger charge is 2.35. The van der Waals surface area contributed by atoms with E-state index in [1.165, 1.54) is 17.7 Å². The maximum atomic E-state index is 13.5. The first-order chi connectivity index (χ1) is 14.8. The molecule has 2 aliphatic rings. The van der Waals surface area contributed by atoms with Crippen LogP contribution in [-0.2, 0) is 22.7 Å². The van der Waals surface area contributed by atoms with E-state index >= 15 is 0 Å². The van der Waals surface area contributed by atoms with E-state index in [0.29, 0.717) is 32.9 Å². The van der Waals surface area contributed by atoms with Crippen LogP contribution in [0.25, 0.3) is 0 Å². The Labute approximate surface area is 183 Å². The van der Waals surface area contributed by atoms with E-state index in [1.54, 1.807) is 4.90 Å². The quantitative estimate of drug-likeness (QED) is 0.667. The van der Waals surface area contributed by atoms with Crippen LogP contribution in [0.2, 0.25) is 0 Å². The lowest BCUT2D eigenvalue weighted by atomic mass is 9.81. The summed E-state index contributed by atoms with van der Waals surface area (Å²) in [7, 11) is 0. The van der Waals surface area contributed by atoms with Gasteiger partial charge in [-0.1, -0.05) is 18.2 Å². The zero-order chi connectivity index (χ0) is 22.0. The number of halogens is 1. The van der Waals surface area contributed by atoms with Crippen LogP contribution in [0.3, 0.4) is 0 Å². The summed E-state index contributed by atoms with van der Waals surface area (Å²) < 4.78 is 30.7. The van der Waals surface area contributed by atoms with Crippen molar-refractivity contribution < 1.29 is 23.4 Å². The molecule has 0 N–H and O–H groups in total. The maximum absolute atomic E-state index is 13.5. The summed E-state index contributed by atoms with van der Waals surface area (Å²) in [6.45, 7) is 8.46. The maximum Gasteiger partial charge on any atom is 0.410 e. The number of ether oxygens (including phenoxy) is 3. The Morgan fingerprint density at radius 2 is 1.87 bits per heavy atom. The number of carbonyl (C=O) groups is 1. The molecule has 0 saturated carbocycles. The Hall–Kier alpha value is -2.60. The molecule has 2 aliphatic heterocycles. The molecule has 6 heteroatoms. The van der Waals surface area contributed by atoms with Crippen LogP contribution in [0.5, 0.6) is 5.75 Å². The molecule has 1 fully saturated rings. The van der Waals surface area contributed by atoms with Crippen LogP contribution in [-0.4, -0.2) is 36.3 Å². The fourth-order valence-corrected chi connectivity index (χ4v) is 4.28. The molecule has 2 aromatic carbocycles. The average molecular weight is 428 g/mol.